The highest BCUT2D eigenvalue weighted by Gasteiger charge is 2.50. The number of aliphatic hydroxyl groups excluding tert-OH is 1. The third-order valence-electron chi connectivity index (χ3n) is 5.68. The van der Waals surface area contributed by atoms with Crippen LogP contribution in [0.4, 0.5) is 0 Å². The molecule has 0 bridgehead atoms. The van der Waals surface area contributed by atoms with E-state index in [1.54, 1.807) is 42.3 Å². The number of nitrogens with zero attached hydrogens (tertiary/aromatic N) is 1. The van der Waals surface area contributed by atoms with Crippen molar-refractivity contribution in [3.05, 3.63) is 59.1 Å². The average Bonchev–Trinajstić information content (AvgIpc) is 3.43. The SMILES string of the molecule is COc1ccc(/C(O)=C2/C(=O)C(=O)N(C3CCCC3)C2c2ccco2)cc1C. The van der Waals surface area contributed by atoms with Gasteiger partial charge in [-0.15, -0.1) is 0 Å². The molecule has 1 unspecified atom stereocenters. The Morgan fingerprint density at radius 1 is 1.21 bits per heavy atom. The lowest BCUT2D eigenvalue weighted by Gasteiger charge is -2.29. The lowest BCUT2D eigenvalue weighted by atomic mass is 9.98. The summed E-state index contributed by atoms with van der Waals surface area (Å²) in [6.07, 6.45) is 5.27. The summed E-state index contributed by atoms with van der Waals surface area (Å²) in [6, 6.07) is 7.90. The fourth-order valence-electron chi connectivity index (χ4n) is 4.32. The van der Waals surface area contributed by atoms with Gasteiger partial charge in [0.25, 0.3) is 11.7 Å². The maximum absolute atomic E-state index is 12.9. The van der Waals surface area contributed by atoms with Gasteiger partial charge in [0.05, 0.1) is 18.9 Å². The van der Waals surface area contributed by atoms with Crippen LogP contribution in [-0.2, 0) is 9.59 Å². The number of ketones is 1. The van der Waals surface area contributed by atoms with Gasteiger partial charge in [0.2, 0.25) is 0 Å². The second-order valence-electron chi connectivity index (χ2n) is 7.34. The minimum absolute atomic E-state index is 0.0190. The number of carbonyl (C=O) groups is 2. The molecule has 4 rings (SSSR count). The lowest BCUT2D eigenvalue weighted by molar-refractivity contribution is -0.141. The quantitative estimate of drug-likeness (QED) is 0.493. The number of aliphatic hydroxyl groups is 1. The van der Waals surface area contributed by atoms with E-state index in [9.17, 15) is 14.7 Å². The summed E-state index contributed by atoms with van der Waals surface area (Å²) in [5, 5.41) is 11.0. The summed E-state index contributed by atoms with van der Waals surface area (Å²) >= 11 is 0. The number of likely N-dealkylation sites (tertiary alicyclic amines) is 1. The molecule has 2 fully saturated rings. The second-order valence-corrected chi connectivity index (χ2v) is 7.34. The number of Topliss-reactive ketones (excluding diaryl/α,β-unsaturated/α-hetero) is 1. The molecule has 1 aliphatic carbocycles. The molecule has 1 saturated heterocycles. The van der Waals surface area contributed by atoms with E-state index in [-0.39, 0.29) is 17.4 Å². The van der Waals surface area contributed by atoms with Gasteiger partial charge < -0.3 is 19.2 Å². The Kier molecular flexibility index (Phi) is 4.71. The molecule has 28 heavy (non-hydrogen) atoms. The van der Waals surface area contributed by atoms with Crippen LogP contribution in [0.2, 0.25) is 0 Å². The highest BCUT2D eigenvalue weighted by Crippen LogP contribution is 2.43. The second kappa shape index (κ2) is 7.19. The monoisotopic (exact) mass is 381 g/mol. The molecule has 2 heterocycles. The molecular weight excluding hydrogens is 358 g/mol. The number of furan rings is 1. The first kappa shape index (κ1) is 18.3. The number of amides is 1. The first-order valence-corrected chi connectivity index (χ1v) is 9.51. The van der Waals surface area contributed by atoms with Crippen molar-refractivity contribution in [2.45, 2.75) is 44.7 Å². The van der Waals surface area contributed by atoms with Gasteiger partial charge in [0, 0.05) is 11.6 Å². The predicted molar refractivity (Wildman–Crippen MR) is 103 cm³/mol. The van der Waals surface area contributed by atoms with Crippen LogP contribution < -0.4 is 4.74 Å². The number of ether oxygens (including phenoxy) is 1. The molecule has 0 radical (unpaired) electrons. The van der Waals surface area contributed by atoms with E-state index in [4.69, 9.17) is 9.15 Å². The van der Waals surface area contributed by atoms with Gasteiger partial charge in [-0.3, -0.25) is 9.59 Å². The highest BCUT2D eigenvalue weighted by atomic mass is 16.5. The summed E-state index contributed by atoms with van der Waals surface area (Å²) in [5.74, 6) is -0.256. The highest BCUT2D eigenvalue weighted by molar-refractivity contribution is 6.46. The first-order chi connectivity index (χ1) is 13.5. The van der Waals surface area contributed by atoms with Crippen molar-refractivity contribution in [2.24, 2.45) is 0 Å². The molecule has 1 amide bonds. The Morgan fingerprint density at radius 2 is 1.96 bits per heavy atom. The molecule has 1 N–H and O–H groups in total. The molecule has 1 atom stereocenters. The number of methoxy groups -OCH3 is 1. The molecule has 2 aliphatic rings. The molecule has 1 aliphatic heterocycles. The van der Waals surface area contributed by atoms with Crippen molar-refractivity contribution >= 4 is 17.4 Å². The zero-order valence-electron chi connectivity index (χ0n) is 16.0. The number of rotatable bonds is 4. The van der Waals surface area contributed by atoms with Crippen LogP contribution in [0.25, 0.3) is 5.76 Å². The summed E-state index contributed by atoms with van der Waals surface area (Å²) in [5.41, 5.74) is 1.38. The molecule has 146 valence electrons. The van der Waals surface area contributed by atoms with Crippen LogP contribution in [0.3, 0.4) is 0 Å². The molecular formula is C22H23NO5. The van der Waals surface area contributed by atoms with Crippen molar-refractivity contribution < 1.29 is 23.8 Å². The van der Waals surface area contributed by atoms with Crippen molar-refractivity contribution in [1.29, 1.82) is 0 Å². The number of aryl methyl sites for hydroxylation is 1. The minimum atomic E-state index is -0.708. The van der Waals surface area contributed by atoms with Gasteiger partial charge in [-0.2, -0.15) is 0 Å². The lowest BCUT2D eigenvalue weighted by Crippen LogP contribution is -2.37. The normalized spacial score (nSPS) is 22.2. The Hall–Kier alpha value is -3.02. The molecule has 6 nitrogen and oxygen atoms in total. The Labute approximate surface area is 163 Å². The van der Waals surface area contributed by atoms with Crippen molar-refractivity contribution in [1.82, 2.24) is 4.90 Å². The minimum Gasteiger partial charge on any atom is -0.507 e. The van der Waals surface area contributed by atoms with Crippen LogP contribution in [0.5, 0.6) is 5.75 Å². The fraction of sp³-hybridized carbons (Fsp3) is 0.364. The van der Waals surface area contributed by atoms with E-state index >= 15 is 0 Å². The Morgan fingerprint density at radius 3 is 2.57 bits per heavy atom. The van der Waals surface area contributed by atoms with Crippen LogP contribution >= 0.6 is 0 Å². The van der Waals surface area contributed by atoms with Crippen molar-refractivity contribution in [3.63, 3.8) is 0 Å². The largest absolute Gasteiger partial charge is 0.507 e. The predicted octanol–water partition coefficient (Wildman–Crippen LogP) is 3.96. The number of hydrogen-bond acceptors (Lipinski definition) is 5. The summed E-state index contributed by atoms with van der Waals surface area (Å²) in [6.45, 7) is 1.86. The fourth-order valence-corrected chi connectivity index (χ4v) is 4.32. The van der Waals surface area contributed by atoms with Gasteiger partial charge in [0.15, 0.2) is 0 Å². The van der Waals surface area contributed by atoms with Crippen LogP contribution in [0.1, 0.15) is 48.6 Å². The molecule has 1 aromatic heterocycles. The van der Waals surface area contributed by atoms with E-state index in [0.29, 0.717) is 17.1 Å². The van der Waals surface area contributed by atoms with Gasteiger partial charge in [-0.25, -0.2) is 0 Å². The molecule has 1 aromatic carbocycles. The van der Waals surface area contributed by atoms with Gasteiger partial charge >= 0.3 is 0 Å². The Bertz CT molecular complexity index is 938. The van der Waals surface area contributed by atoms with Crippen molar-refractivity contribution in [3.8, 4) is 5.75 Å². The average molecular weight is 381 g/mol. The van der Waals surface area contributed by atoms with E-state index < -0.39 is 17.7 Å². The van der Waals surface area contributed by atoms with E-state index in [0.717, 1.165) is 31.2 Å². The zero-order chi connectivity index (χ0) is 19.8. The standard InChI is InChI=1S/C22H23NO5/c1-13-12-14(9-10-16(13)27-2)20(24)18-19(17-8-5-11-28-17)23(22(26)21(18)25)15-6-3-4-7-15/h5,8-12,15,19,24H,3-4,6-7H2,1-2H3/b20-18-. The number of benzene rings is 1. The van der Waals surface area contributed by atoms with Crippen LogP contribution in [0.15, 0.2) is 46.6 Å². The third kappa shape index (κ3) is 2.89. The van der Waals surface area contributed by atoms with E-state index in [1.807, 2.05) is 6.92 Å². The third-order valence-corrected chi connectivity index (χ3v) is 5.68. The summed E-state index contributed by atoms with van der Waals surface area (Å²) in [4.78, 5) is 27.4. The van der Waals surface area contributed by atoms with E-state index in [1.165, 1.54) is 6.26 Å². The molecule has 6 heteroatoms. The smallest absolute Gasteiger partial charge is 0.296 e. The van der Waals surface area contributed by atoms with Crippen molar-refractivity contribution in [2.75, 3.05) is 7.11 Å². The topological polar surface area (TPSA) is 80.0 Å². The zero-order valence-corrected chi connectivity index (χ0v) is 16.0. The maximum atomic E-state index is 12.9. The maximum Gasteiger partial charge on any atom is 0.296 e. The number of carbonyl (C=O) groups excluding carboxylic acids is 2. The van der Waals surface area contributed by atoms with E-state index in [2.05, 4.69) is 0 Å². The summed E-state index contributed by atoms with van der Waals surface area (Å²) in [7, 11) is 1.58. The van der Waals surface area contributed by atoms with Gasteiger partial charge in [-0.05, 0) is 55.7 Å². The van der Waals surface area contributed by atoms with Gasteiger partial charge in [0.1, 0.15) is 23.3 Å². The molecule has 2 aromatic rings. The first-order valence-electron chi connectivity index (χ1n) is 9.51. The van der Waals surface area contributed by atoms with Gasteiger partial charge in [-0.1, -0.05) is 12.8 Å². The Balaban J connectivity index is 1.85. The molecule has 0 spiro atoms. The van der Waals surface area contributed by atoms with Crippen LogP contribution in [-0.4, -0.2) is 34.8 Å². The summed E-state index contributed by atoms with van der Waals surface area (Å²) < 4.78 is 10.8. The molecule has 1 saturated carbocycles. The van der Waals surface area contributed by atoms with Crippen LogP contribution in [0, 0.1) is 6.92 Å². The number of hydrogen-bond donors (Lipinski definition) is 1.